The van der Waals surface area contributed by atoms with Gasteiger partial charge in [0.25, 0.3) is 5.91 Å². The summed E-state index contributed by atoms with van der Waals surface area (Å²) in [5.74, 6) is 0.458. The number of likely N-dealkylation sites (N-methyl/N-ethyl adjacent to an activating group) is 2. The van der Waals surface area contributed by atoms with Crippen LogP contribution in [0.5, 0.6) is 0 Å². The first-order valence-electron chi connectivity index (χ1n) is 12.4. The first kappa shape index (κ1) is 26.5. The number of carbonyl (C=O) groups is 2. The molecular weight excluding hydrogens is 484 g/mol. The second-order valence-electron chi connectivity index (χ2n) is 9.51. The van der Waals surface area contributed by atoms with Crippen molar-refractivity contribution in [2.45, 2.75) is 31.7 Å². The SMILES string of the molecule is CN1CCc2nc(NC(=O)c3cccc(C4CCCN(C)C4)c3)sc2C1.N#Cc1cccc(NC=O)c1. The van der Waals surface area contributed by atoms with Crippen molar-refractivity contribution < 1.29 is 9.59 Å². The molecule has 0 saturated carbocycles. The monoisotopic (exact) mass is 516 g/mol. The molecule has 3 heterocycles. The van der Waals surface area contributed by atoms with Crippen molar-refractivity contribution >= 4 is 34.5 Å². The fraction of sp³-hybridized carbons (Fsp3) is 0.357. The number of nitrogens with zero attached hydrogens (tertiary/aromatic N) is 4. The van der Waals surface area contributed by atoms with Crippen molar-refractivity contribution in [2.24, 2.45) is 0 Å². The lowest BCUT2D eigenvalue weighted by Crippen LogP contribution is -2.30. The average Bonchev–Trinajstić information content (AvgIpc) is 3.30. The lowest BCUT2D eigenvalue weighted by molar-refractivity contribution is -0.105. The van der Waals surface area contributed by atoms with Crippen molar-refractivity contribution in [1.29, 1.82) is 5.26 Å². The molecule has 1 atom stereocenters. The zero-order valence-electron chi connectivity index (χ0n) is 21.2. The number of hydrogen-bond donors (Lipinski definition) is 2. The average molecular weight is 517 g/mol. The van der Waals surface area contributed by atoms with Crippen molar-refractivity contribution in [3.8, 4) is 6.07 Å². The highest BCUT2D eigenvalue weighted by Crippen LogP contribution is 2.29. The van der Waals surface area contributed by atoms with Crippen molar-refractivity contribution in [1.82, 2.24) is 14.8 Å². The predicted molar refractivity (Wildman–Crippen MR) is 147 cm³/mol. The third-order valence-corrected chi connectivity index (χ3v) is 7.60. The second kappa shape index (κ2) is 12.6. The number of amides is 2. The van der Waals surface area contributed by atoms with E-state index in [2.05, 4.69) is 51.6 Å². The molecule has 9 heteroatoms. The van der Waals surface area contributed by atoms with E-state index in [0.29, 0.717) is 23.6 Å². The highest BCUT2D eigenvalue weighted by atomic mass is 32.1. The molecule has 2 amide bonds. The van der Waals surface area contributed by atoms with E-state index in [1.807, 2.05) is 18.2 Å². The molecule has 1 aromatic heterocycles. The summed E-state index contributed by atoms with van der Waals surface area (Å²) in [6, 6.07) is 16.8. The molecule has 0 radical (unpaired) electrons. The van der Waals surface area contributed by atoms with Crippen LogP contribution in [0.1, 0.15) is 50.8 Å². The zero-order valence-corrected chi connectivity index (χ0v) is 22.1. The smallest absolute Gasteiger partial charge is 0.257 e. The van der Waals surface area contributed by atoms with E-state index in [1.54, 1.807) is 35.6 Å². The van der Waals surface area contributed by atoms with E-state index in [9.17, 15) is 9.59 Å². The number of hydrogen-bond acceptors (Lipinski definition) is 7. The number of likely N-dealkylation sites (tertiary alicyclic amines) is 1. The van der Waals surface area contributed by atoms with Crippen molar-refractivity contribution in [3.05, 3.63) is 75.8 Å². The summed E-state index contributed by atoms with van der Waals surface area (Å²) < 4.78 is 0. The lowest BCUT2D eigenvalue weighted by atomic mass is 9.90. The zero-order chi connectivity index (χ0) is 26.2. The molecule has 2 aromatic carbocycles. The molecule has 1 saturated heterocycles. The fourth-order valence-electron chi connectivity index (χ4n) is 4.66. The Hall–Kier alpha value is -3.58. The van der Waals surface area contributed by atoms with E-state index in [-0.39, 0.29) is 5.91 Å². The summed E-state index contributed by atoms with van der Waals surface area (Å²) in [5, 5.41) is 14.6. The molecule has 2 aliphatic rings. The summed E-state index contributed by atoms with van der Waals surface area (Å²) >= 11 is 1.60. The molecule has 1 unspecified atom stereocenters. The highest BCUT2D eigenvalue weighted by molar-refractivity contribution is 7.15. The highest BCUT2D eigenvalue weighted by Gasteiger charge is 2.21. The number of piperidine rings is 1. The Kier molecular flexibility index (Phi) is 9.01. The van der Waals surface area contributed by atoms with Gasteiger partial charge in [-0.1, -0.05) is 18.2 Å². The molecule has 1 fully saturated rings. The second-order valence-corrected chi connectivity index (χ2v) is 10.6. The van der Waals surface area contributed by atoms with Gasteiger partial charge in [0.2, 0.25) is 6.41 Å². The van der Waals surface area contributed by atoms with Gasteiger partial charge in [-0.25, -0.2) is 4.98 Å². The maximum atomic E-state index is 12.7. The topological polar surface area (TPSA) is 101 Å². The van der Waals surface area contributed by atoms with Crippen LogP contribution in [0.15, 0.2) is 48.5 Å². The van der Waals surface area contributed by atoms with Crippen LogP contribution in [0.25, 0.3) is 0 Å². The summed E-state index contributed by atoms with van der Waals surface area (Å²) in [6.45, 7) is 4.19. The first-order valence-corrected chi connectivity index (χ1v) is 13.2. The van der Waals surface area contributed by atoms with E-state index in [4.69, 9.17) is 5.26 Å². The molecule has 0 bridgehead atoms. The van der Waals surface area contributed by atoms with Crippen LogP contribution in [0.3, 0.4) is 0 Å². The summed E-state index contributed by atoms with van der Waals surface area (Å²) in [7, 11) is 4.29. The van der Waals surface area contributed by atoms with Gasteiger partial charge in [-0.2, -0.15) is 5.26 Å². The van der Waals surface area contributed by atoms with Crippen LogP contribution in [-0.2, 0) is 17.8 Å². The molecule has 0 aliphatic carbocycles. The summed E-state index contributed by atoms with van der Waals surface area (Å²) in [5.41, 5.74) is 4.31. The third kappa shape index (κ3) is 7.23. The Labute approximate surface area is 221 Å². The van der Waals surface area contributed by atoms with Crippen LogP contribution < -0.4 is 10.6 Å². The number of nitriles is 1. The third-order valence-electron chi connectivity index (χ3n) is 6.60. The Balaban J connectivity index is 0.000000245. The minimum atomic E-state index is -0.0598. The molecule has 37 heavy (non-hydrogen) atoms. The molecular formula is C28H32N6O2S. The molecule has 0 spiro atoms. The number of carbonyl (C=O) groups excluding carboxylic acids is 2. The number of thiazole rings is 1. The van der Waals surface area contributed by atoms with Gasteiger partial charge in [0.15, 0.2) is 5.13 Å². The van der Waals surface area contributed by atoms with Gasteiger partial charge in [-0.05, 0) is 75.3 Å². The number of anilines is 2. The van der Waals surface area contributed by atoms with Crippen LogP contribution >= 0.6 is 11.3 Å². The first-order chi connectivity index (χ1) is 17.9. The van der Waals surface area contributed by atoms with Crippen LogP contribution in [0, 0.1) is 11.3 Å². The normalized spacial score (nSPS) is 17.5. The van der Waals surface area contributed by atoms with Gasteiger partial charge in [-0.3, -0.25) is 14.9 Å². The number of benzene rings is 2. The van der Waals surface area contributed by atoms with Crippen LogP contribution in [0.4, 0.5) is 10.8 Å². The Morgan fingerprint density at radius 3 is 2.78 bits per heavy atom. The van der Waals surface area contributed by atoms with Crippen molar-refractivity contribution in [3.63, 3.8) is 0 Å². The number of nitrogens with one attached hydrogen (secondary N) is 2. The molecule has 2 N–H and O–H groups in total. The van der Waals surface area contributed by atoms with E-state index < -0.39 is 0 Å². The van der Waals surface area contributed by atoms with E-state index >= 15 is 0 Å². The quantitative estimate of drug-likeness (QED) is 0.490. The fourth-order valence-corrected chi connectivity index (χ4v) is 5.75. The molecule has 2 aliphatic heterocycles. The molecule has 3 aromatic rings. The van der Waals surface area contributed by atoms with Crippen LogP contribution in [0.2, 0.25) is 0 Å². The Morgan fingerprint density at radius 2 is 2.00 bits per heavy atom. The van der Waals surface area contributed by atoms with Gasteiger partial charge in [0.1, 0.15) is 0 Å². The number of aromatic nitrogens is 1. The number of rotatable bonds is 5. The lowest BCUT2D eigenvalue weighted by Gasteiger charge is -2.30. The largest absolute Gasteiger partial charge is 0.329 e. The van der Waals surface area contributed by atoms with E-state index in [1.165, 1.54) is 29.8 Å². The summed E-state index contributed by atoms with van der Waals surface area (Å²) in [4.78, 5) is 33.3. The van der Waals surface area contributed by atoms with Crippen molar-refractivity contribution in [2.75, 3.05) is 44.4 Å². The summed E-state index contributed by atoms with van der Waals surface area (Å²) in [6.07, 6.45) is 3.96. The van der Waals surface area contributed by atoms with Gasteiger partial charge in [0, 0.05) is 42.2 Å². The minimum absolute atomic E-state index is 0.0598. The van der Waals surface area contributed by atoms with E-state index in [0.717, 1.165) is 42.4 Å². The molecule has 192 valence electrons. The maximum Gasteiger partial charge on any atom is 0.257 e. The van der Waals surface area contributed by atoms with Gasteiger partial charge in [0.05, 0.1) is 17.3 Å². The molecule has 5 rings (SSSR count). The van der Waals surface area contributed by atoms with Gasteiger partial charge >= 0.3 is 0 Å². The maximum absolute atomic E-state index is 12.7. The van der Waals surface area contributed by atoms with Gasteiger partial charge in [-0.15, -0.1) is 11.3 Å². The predicted octanol–water partition coefficient (Wildman–Crippen LogP) is 4.32. The minimum Gasteiger partial charge on any atom is -0.329 e. The van der Waals surface area contributed by atoms with Crippen LogP contribution in [-0.4, -0.2) is 60.8 Å². The molecule has 8 nitrogen and oxygen atoms in total. The Morgan fingerprint density at radius 1 is 1.16 bits per heavy atom. The standard InChI is InChI=1S/C20H26N4OS.C8H6N2O/c1-23-9-4-7-16(12-23)14-5-3-6-15(11-14)19(25)22-20-21-17-8-10-24(2)13-18(17)26-20;9-5-7-2-1-3-8(4-7)10-6-11/h3,5-6,11,16H,4,7-10,12-13H2,1-2H3,(H,21,22,25);1-4,6H,(H,10,11). The number of fused-ring (bicyclic) bond motifs is 1. The van der Waals surface area contributed by atoms with Gasteiger partial charge < -0.3 is 15.1 Å². The Bertz CT molecular complexity index is 1280.